The van der Waals surface area contributed by atoms with E-state index in [1.165, 1.54) is 5.56 Å². The van der Waals surface area contributed by atoms with Crippen LogP contribution in [0.15, 0.2) is 24.3 Å². The number of amides is 1. The number of nitrogens with zero attached hydrogens (tertiary/aromatic N) is 1. The molecule has 0 aliphatic heterocycles. The van der Waals surface area contributed by atoms with Gasteiger partial charge < -0.3 is 5.32 Å². The van der Waals surface area contributed by atoms with Gasteiger partial charge in [0.25, 0.3) is 5.91 Å². The highest BCUT2D eigenvalue weighted by Crippen LogP contribution is 2.06. The van der Waals surface area contributed by atoms with Crippen molar-refractivity contribution in [2.24, 2.45) is 0 Å². The van der Waals surface area contributed by atoms with Gasteiger partial charge in [-0.05, 0) is 38.6 Å². The third kappa shape index (κ3) is 4.54. The molecule has 0 aromatic heterocycles. The molecule has 94 valence electrons. The first-order valence-corrected chi connectivity index (χ1v) is 5.81. The highest BCUT2D eigenvalue weighted by molar-refractivity contribution is 5.94. The van der Waals surface area contributed by atoms with Crippen LogP contribution in [0.25, 0.3) is 0 Å². The number of hydrogen-bond donors (Lipinski definition) is 2. The van der Waals surface area contributed by atoms with E-state index in [0.717, 1.165) is 6.54 Å². The Morgan fingerprint density at radius 2 is 1.88 bits per heavy atom. The summed E-state index contributed by atoms with van der Waals surface area (Å²) >= 11 is 0. The van der Waals surface area contributed by atoms with Crippen LogP contribution in [-0.2, 0) is 6.54 Å². The van der Waals surface area contributed by atoms with Gasteiger partial charge in [-0.25, -0.2) is 5.01 Å². The Kier molecular flexibility index (Phi) is 5.12. The van der Waals surface area contributed by atoms with Crippen molar-refractivity contribution >= 4 is 5.91 Å². The highest BCUT2D eigenvalue weighted by atomic mass is 16.1. The van der Waals surface area contributed by atoms with Crippen molar-refractivity contribution in [3.05, 3.63) is 35.4 Å². The Hall–Kier alpha value is -1.39. The highest BCUT2D eigenvalue weighted by Gasteiger charge is 2.06. The van der Waals surface area contributed by atoms with Crippen molar-refractivity contribution in [3.63, 3.8) is 0 Å². The summed E-state index contributed by atoms with van der Waals surface area (Å²) in [5.41, 5.74) is 4.90. The van der Waals surface area contributed by atoms with Crippen molar-refractivity contribution < 1.29 is 4.79 Å². The number of nitrogens with one attached hydrogen (secondary N) is 2. The largest absolute Gasteiger partial charge is 0.350 e. The lowest BCUT2D eigenvalue weighted by Crippen LogP contribution is -2.30. The van der Waals surface area contributed by atoms with Gasteiger partial charge in [0.2, 0.25) is 0 Å². The smallest absolute Gasteiger partial charge is 0.251 e. The van der Waals surface area contributed by atoms with Gasteiger partial charge in [-0.15, -0.1) is 0 Å². The summed E-state index contributed by atoms with van der Waals surface area (Å²) in [5, 5.41) is 4.84. The van der Waals surface area contributed by atoms with Gasteiger partial charge in [-0.1, -0.05) is 12.1 Å². The lowest BCUT2D eigenvalue weighted by Gasteiger charge is -2.15. The maximum Gasteiger partial charge on any atom is 0.251 e. The van der Waals surface area contributed by atoms with Gasteiger partial charge in [0.15, 0.2) is 0 Å². The second kappa shape index (κ2) is 6.37. The molecule has 1 aromatic rings. The Morgan fingerprint density at radius 1 is 1.29 bits per heavy atom. The molecule has 0 saturated heterocycles. The summed E-state index contributed by atoms with van der Waals surface area (Å²) in [7, 11) is 3.85. The standard InChI is InChI=1S/C13H21N3O/c1-10(2)15-13(17)12-7-5-11(6-8-12)9-16(4)14-3/h5-8,10,14H,9H2,1-4H3,(H,15,17). The maximum atomic E-state index is 11.7. The molecule has 0 aliphatic carbocycles. The molecule has 0 heterocycles. The maximum absolute atomic E-state index is 11.7. The Labute approximate surface area is 103 Å². The van der Waals surface area contributed by atoms with Crippen LogP contribution in [0, 0.1) is 0 Å². The zero-order valence-electron chi connectivity index (χ0n) is 10.9. The first-order chi connectivity index (χ1) is 8.02. The molecule has 0 unspecified atom stereocenters. The number of hydrazine groups is 1. The van der Waals surface area contributed by atoms with Crippen LogP contribution in [0.1, 0.15) is 29.8 Å². The molecule has 0 radical (unpaired) electrons. The van der Waals surface area contributed by atoms with Gasteiger partial charge in [0.1, 0.15) is 0 Å². The van der Waals surface area contributed by atoms with Crippen LogP contribution >= 0.6 is 0 Å². The zero-order chi connectivity index (χ0) is 12.8. The van der Waals surface area contributed by atoms with Gasteiger partial charge in [0, 0.05) is 25.2 Å². The predicted octanol–water partition coefficient (Wildman–Crippen LogP) is 1.39. The van der Waals surface area contributed by atoms with E-state index in [0.29, 0.717) is 5.56 Å². The second-order valence-corrected chi connectivity index (χ2v) is 4.40. The first-order valence-electron chi connectivity index (χ1n) is 5.81. The van der Waals surface area contributed by atoms with Crippen LogP contribution in [0.5, 0.6) is 0 Å². The van der Waals surface area contributed by atoms with Crippen molar-refractivity contribution in [1.29, 1.82) is 0 Å². The van der Waals surface area contributed by atoms with E-state index >= 15 is 0 Å². The van der Waals surface area contributed by atoms with E-state index in [1.54, 1.807) is 0 Å². The third-order valence-corrected chi connectivity index (χ3v) is 2.44. The number of rotatable bonds is 5. The molecule has 1 rings (SSSR count). The molecule has 4 nitrogen and oxygen atoms in total. The Morgan fingerprint density at radius 3 is 2.35 bits per heavy atom. The van der Waals surface area contributed by atoms with Gasteiger partial charge in [-0.2, -0.15) is 0 Å². The Balaban J connectivity index is 2.64. The van der Waals surface area contributed by atoms with E-state index in [2.05, 4.69) is 10.7 Å². The number of benzene rings is 1. The quantitative estimate of drug-likeness (QED) is 0.758. The fraction of sp³-hybridized carbons (Fsp3) is 0.462. The lowest BCUT2D eigenvalue weighted by atomic mass is 10.1. The van der Waals surface area contributed by atoms with E-state index in [-0.39, 0.29) is 11.9 Å². The molecule has 0 bridgehead atoms. The summed E-state index contributed by atoms with van der Waals surface area (Å²) in [4.78, 5) is 11.7. The van der Waals surface area contributed by atoms with Crippen LogP contribution in [0.4, 0.5) is 0 Å². The minimum atomic E-state index is -0.0199. The van der Waals surface area contributed by atoms with E-state index in [4.69, 9.17) is 0 Å². The topological polar surface area (TPSA) is 44.4 Å². The van der Waals surface area contributed by atoms with Gasteiger partial charge in [-0.3, -0.25) is 10.2 Å². The summed E-state index contributed by atoms with van der Waals surface area (Å²) < 4.78 is 0. The SMILES string of the molecule is CNN(C)Cc1ccc(C(=O)NC(C)C)cc1. The average molecular weight is 235 g/mol. The monoisotopic (exact) mass is 235 g/mol. The lowest BCUT2D eigenvalue weighted by molar-refractivity contribution is 0.0943. The van der Waals surface area contributed by atoms with Crippen molar-refractivity contribution in [3.8, 4) is 0 Å². The molecule has 0 spiro atoms. The fourth-order valence-corrected chi connectivity index (χ4v) is 1.46. The third-order valence-electron chi connectivity index (χ3n) is 2.44. The normalized spacial score (nSPS) is 10.9. The average Bonchev–Trinajstić information content (AvgIpc) is 2.28. The number of carbonyl (C=O) groups excluding carboxylic acids is 1. The van der Waals surface area contributed by atoms with E-state index in [1.807, 2.05) is 57.2 Å². The molecule has 0 saturated carbocycles. The fourth-order valence-electron chi connectivity index (χ4n) is 1.46. The minimum absolute atomic E-state index is 0.0199. The number of hydrogen-bond acceptors (Lipinski definition) is 3. The van der Waals surface area contributed by atoms with Crippen LogP contribution in [0.3, 0.4) is 0 Å². The van der Waals surface area contributed by atoms with Gasteiger partial charge >= 0.3 is 0 Å². The van der Waals surface area contributed by atoms with Crippen molar-refractivity contribution in [2.45, 2.75) is 26.4 Å². The van der Waals surface area contributed by atoms with Crippen molar-refractivity contribution in [2.75, 3.05) is 14.1 Å². The molecular formula is C13H21N3O. The molecule has 0 fully saturated rings. The van der Waals surface area contributed by atoms with Gasteiger partial charge in [0.05, 0.1) is 0 Å². The van der Waals surface area contributed by atoms with Crippen molar-refractivity contribution in [1.82, 2.24) is 15.8 Å². The zero-order valence-corrected chi connectivity index (χ0v) is 10.9. The molecule has 1 amide bonds. The predicted molar refractivity (Wildman–Crippen MR) is 69.6 cm³/mol. The minimum Gasteiger partial charge on any atom is -0.350 e. The second-order valence-electron chi connectivity index (χ2n) is 4.40. The van der Waals surface area contributed by atoms with Crippen LogP contribution in [0.2, 0.25) is 0 Å². The molecule has 2 N–H and O–H groups in total. The molecule has 0 aliphatic rings. The number of carbonyl (C=O) groups is 1. The molecule has 4 heteroatoms. The Bertz CT molecular complexity index is 359. The molecular weight excluding hydrogens is 214 g/mol. The summed E-state index contributed by atoms with van der Waals surface area (Å²) in [6.45, 7) is 4.71. The van der Waals surface area contributed by atoms with E-state index in [9.17, 15) is 4.79 Å². The molecule has 17 heavy (non-hydrogen) atoms. The first kappa shape index (κ1) is 13.7. The van der Waals surface area contributed by atoms with Crippen LogP contribution in [-0.4, -0.2) is 31.1 Å². The summed E-state index contributed by atoms with van der Waals surface area (Å²) in [6.07, 6.45) is 0. The van der Waals surface area contributed by atoms with E-state index < -0.39 is 0 Å². The molecule has 1 aromatic carbocycles. The summed E-state index contributed by atoms with van der Waals surface area (Å²) in [5.74, 6) is -0.0199. The van der Waals surface area contributed by atoms with Crippen LogP contribution < -0.4 is 10.7 Å². The molecule has 0 atom stereocenters. The summed E-state index contributed by atoms with van der Waals surface area (Å²) in [6, 6.07) is 7.83.